The molecule has 1 aliphatic heterocycles. The van der Waals surface area contributed by atoms with Crippen LogP contribution in [0.5, 0.6) is 5.75 Å². The van der Waals surface area contributed by atoms with Crippen LogP contribution in [-0.2, 0) is 12.8 Å². The van der Waals surface area contributed by atoms with Crippen LogP contribution in [0, 0.1) is 6.92 Å². The van der Waals surface area contributed by atoms with Crippen LogP contribution in [0.3, 0.4) is 0 Å². The van der Waals surface area contributed by atoms with E-state index >= 15 is 0 Å². The van der Waals surface area contributed by atoms with E-state index in [-0.39, 0.29) is 5.91 Å². The zero-order chi connectivity index (χ0) is 26.5. The molecule has 0 spiro atoms. The van der Waals surface area contributed by atoms with Crippen molar-refractivity contribution in [2.45, 2.75) is 45.7 Å². The lowest BCUT2D eigenvalue weighted by molar-refractivity contribution is 0.0962. The molecule has 3 N–H and O–H groups in total. The van der Waals surface area contributed by atoms with E-state index in [2.05, 4.69) is 69.8 Å². The van der Waals surface area contributed by atoms with E-state index in [1.54, 1.807) is 26.3 Å². The monoisotopic (exact) mass is 522 g/mol. The summed E-state index contributed by atoms with van der Waals surface area (Å²) in [6.07, 6.45) is 4.93. The summed E-state index contributed by atoms with van der Waals surface area (Å²) in [5, 5.41) is 10.0. The Morgan fingerprint density at radius 3 is 2.46 bits per heavy atom. The van der Waals surface area contributed by atoms with Crippen LogP contribution in [-0.4, -0.2) is 55.2 Å². The largest absolute Gasteiger partial charge is 0.495 e. The lowest BCUT2D eigenvalue weighted by atomic mass is 10.0. The molecule has 2 aromatic carbocycles. The fourth-order valence-electron chi connectivity index (χ4n) is 4.83. The molecule has 2 heterocycles. The van der Waals surface area contributed by atoms with Crippen molar-refractivity contribution >= 4 is 34.8 Å². The predicted molar refractivity (Wildman–Crippen MR) is 150 cm³/mol. The minimum Gasteiger partial charge on any atom is -0.495 e. The Morgan fingerprint density at radius 1 is 1.14 bits per heavy atom. The van der Waals surface area contributed by atoms with Gasteiger partial charge >= 0.3 is 0 Å². The number of carbonyl (C=O) groups excluding carboxylic acids is 1. The van der Waals surface area contributed by atoms with Gasteiger partial charge in [0.15, 0.2) is 0 Å². The number of aryl methyl sites for hydroxylation is 3. The molecule has 1 aliphatic rings. The molecular formula is C28H35ClN6O2. The van der Waals surface area contributed by atoms with E-state index < -0.39 is 0 Å². The number of amides is 1. The number of nitrogens with zero attached hydrogens (tertiary/aromatic N) is 3. The zero-order valence-corrected chi connectivity index (χ0v) is 22.8. The van der Waals surface area contributed by atoms with Crippen molar-refractivity contribution in [3.8, 4) is 5.75 Å². The van der Waals surface area contributed by atoms with Gasteiger partial charge in [0.25, 0.3) is 5.91 Å². The standard InChI is InChI=1S/C28H35ClN6O2/c1-17-10-23(8-9-24(17)35-15-18(2)33-19(3)16-35)34-28-31-13-20(14-32-28)6-7-21-11-22(27(36)30-4)12-25(37-5)26(21)29/h8-14,18-19,33H,6-7,15-16H2,1-5H3,(H,30,36)(H,31,32,34)/t18-,19+. The van der Waals surface area contributed by atoms with Gasteiger partial charge in [-0.1, -0.05) is 11.6 Å². The van der Waals surface area contributed by atoms with Gasteiger partial charge in [0.05, 0.1) is 12.1 Å². The third kappa shape index (κ3) is 6.50. The molecule has 196 valence electrons. The molecule has 1 amide bonds. The average molecular weight is 523 g/mol. The minimum atomic E-state index is -0.185. The van der Waals surface area contributed by atoms with Crippen LogP contribution in [0.1, 0.15) is 40.9 Å². The third-order valence-corrected chi connectivity index (χ3v) is 6.99. The Bertz CT molecular complexity index is 1240. The van der Waals surface area contributed by atoms with Gasteiger partial charge in [0.2, 0.25) is 5.95 Å². The van der Waals surface area contributed by atoms with Gasteiger partial charge in [-0.05, 0) is 80.6 Å². The molecule has 1 fully saturated rings. The highest BCUT2D eigenvalue weighted by atomic mass is 35.5. The van der Waals surface area contributed by atoms with Crippen molar-refractivity contribution in [1.29, 1.82) is 0 Å². The van der Waals surface area contributed by atoms with E-state index in [1.165, 1.54) is 11.3 Å². The second kappa shape index (κ2) is 11.8. The molecule has 9 heteroatoms. The number of halogens is 1. The highest BCUT2D eigenvalue weighted by Crippen LogP contribution is 2.31. The van der Waals surface area contributed by atoms with Crippen LogP contribution in [0.4, 0.5) is 17.3 Å². The van der Waals surface area contributed by atoms with Crippen molar-refractivity contribution in [3.63, 3.8) is 0 Å². The van der Waals surface area contributed by atoms with Crippen molar-refractivity contribution in [2.24, 2.45) is 0 Å². The van der Waals surface area contributed by atoms with Crippen molar-refractivity contribution < 1.29 is 9.53 Å². The van der Waals surface area contributed by atoms with E-state index in [1.807, 2.05) is 12.4 Å². The van der Waals surface area contributed by atoms with Crippen LogP contribution in [0.2, 0.25) is 5.02 Å². The van der Waals surface area contributed by atoms with Gasteiger partial charge in [-0.3, -0.25) is 4.79 Å². The van der Waals surface area contributed by atoms with Gasteiger partial charge in [-0.2, -0.15) is 0 Å². The molecule has 1 saturated heterocycles. The van der Waals surface area contributed by atoms with Crippen molar-refractivity contribution in [3.05, 3.63) is 70.0 Å². The summed E-state index contributed by atoms with van der Waals surface area (Å²) >= 11 is 6.49. The first kappa shape index (κ1) is 26.7. The van der Waals surface area contributed by atoms with E-state index in [9.17, 15) is 4.79 Å². The maximum absolute atomic E-state index is 12.1. The highest BCUT2D eigenvalue weighted by Gasteiger charge is 2.22. The van der Waals surface area contributed by atoms with Crippen molar-refractivity contribution in [1.82, 2.24) is 20.6 Å². The van der Waals surface area contributed by atoms with Gasteiger partial charge in [-0.25, -0.2) is 9.97 Å². The Labute approximate surface area is 223 Å². The molecule has 0 radical (unpaired) electrons. The molecule has 4 rings (SSSR count). The predicted octanol–water partition coefficient (Wildman–Crippen LogP) is 4.52. The summed E-state index contributed by atoms with van der Waals surface area (Å²) in [6, 6.07) is 10.8. The van der Waals surface area contributed by atoms with Gasteiger partial charge in [0.1, 0.15) is 5.75 Å². The second-order valence-corrected chi connectivity index (χ2v) is 10.0. The number of aromatic nitrogens is 2. The van der Waals surface area contributed by atoms with Gasteiger partial charge in [-0.15, -0.1) is 0 Å². The molecule has 0 saturated carbocycles. The number of rotatable bonds is 8. The summed E-state index contributed by atoms with van der Waals surface area (Å²) in [6.45, 7) is 8.58. The number of hydrogen-bond donors (Lipinski definition) is 3. The average Bonchev–Trinajstić information content (AvgIpc) is 2.88. The van der Waals surface area contributed by atoms with E-state index in [0.717, 1.165) is 29.9 Å². The summed E-state index contributed by atoms with van der Waals surface area (Å²) in [7, 11) is 3.14. The number of nitrogens with one attached hydrogen (secondary N) is 3. The first-order valence-electron chi connectivity index (χ1n) is 12.6. The summed E-state index contributed by atoms with van der Waals surface area (Å²) in [5.74, 6) is 0.841. The molecule has 0 aliphatic carbocycles. The zero-order valence-electron chi connectivity index (χ0n) is 22.1. The number of ether oxygens (including phenoxy) is 1. The molecule has 1 aromatic heterocycles. The Morgan fingerprint density at radius 2 is 1.84 bits per heavy atom. The molecule has 3 aromatic rings. The summed E-state index contributed by atoms with van der Waals surface area (Å²) in [5.41, 5.74) is 5.75. The molecule has 8 nitrogen and oxygen atoms in total. The normalized spacial score (nSPS) is 17.4. The Kier molecular flexibility index (Phi) is 8.51. The van der Waals surface area contributed by atoms with Crippen LogP contribution >= 0.6 is 11.6 Å². The van der Waals surface area contributed by atoms with Crippen LogP contribution < -0.4 is 25.6 Å². The van der Waals surface area contributed by atoms with E-state index in [0.29, 0.717) is 47.2 Å². The maximum Gasteiger partial charge on any atom is 0.251 e. The van der Waals surface area contributed by atoms with Crippen LogP contribution in [0.15, 0.2) is 42.7 Å². The third-order valence-electron chi connectivity index (χ3n) is 6.56. The highest BCUT2D eigenvalue weighted by molar-refractivity contribution is 6.33. The summed E-state index contributed by atoms with van der Waals surface area (Å²) < 4.78 is 5.35. The molecular weight excluding hydrogens is 488 g/mol. The Hall–Kier alpha value is -3.36. The topological polar surface area (TPSA) is 91.4 Å². The number of piperazine rings is 1. The first-order valence-corrected chi connectivity index (χ1v) is 12.9. The smallest absolute Gasteiger partial charge is 0.251 e. The van der Waals surface area contributed by atoms with Crippen molar-refractivity contribution in [2.75, 3.05) is 37.5 Å². The van der Waals surface area contributed by atoms with Gasteiger partial charge < -0.3 is 25.6 Å². The SMILES string of the molecule is CNC(=O)c1cc(CCc2cnc(Nc3ccc(N4C[C@@H](C)N[C@@H](C)C4)c(C)c3)nc2)c(Cl)c(OC)c1. The number of benzene rings is 2. The molecule has 37 heavy (non-hydrogen) atoms. The minimum absolute atomic E-state index is 0.185. The maximum atomic E-state index is 12.1. The number of hydrogen-bond acceptors (Lipinski definition) is 7. The molecule has 0 unspecified atom stereocenters. The second-order valence-electron chi connectivity index (χ2n) is 9.65. The lowest BCUT2D eigenvalue weighted by Gasteiger charge is -2.38. The number of methoxy groups -OCH3 is 1. The fraction of sp³-hybridized carbons (Fsp3) is 0.393. The summed E-state index contributed by atoms with van der Waals surface area (Å²) in [4.78, 5) is 23.6. The number of carbonyl (C=O) groups is 1. The van der Waals surface area contributed by atoms with Crippen LogP contribution in [0.25, 0.3) is 0 Å². The first-order chi connectivity index (χ1) is 17.8. The van der Waals surface area contributed by atoms with Gasteiger partial charge in [0, 0.05) is 61.6 Å². The lowest BCUT2D eigenvalue weighted by Crippen LogP contribution is -2.54. The quantitative estimate of drug-likeness (QED) is 0.400. The molecule has 2 atom stereocenters. The van der Waals surface area contributed by atoms with E-state index in [4.69, 9.17) is 16.3 Å². The molecule has 0 bridgehead atoms. The number of anilines is 3. The Balaban J connectivity index is 1.40. The fourth-order valence-corrected chi connectivity index (χ4v) is 5.11.